The van der Waals surface area contributed by atoms with Gasteiger partial charge in [0, 0.05) is 37.8 Å². The van der Waals surface area contributed by atoms with Gasteiger partial charge < -0.3 is 28.7 Å². The summed E-state index contributed by atoms with van der Waals surface area (Å²) in [6, 6.07) is 5.53. The minimum Gasteiger partial charge on any atom is -0.497 e. The van der Waals surface area contributed by atoms with Crippen molar-refractivity contribution in [3.8, 4) is 11.5 Å². The molecule has 1 aromatic heterocycles. The Balaban J connectivity index is 1.55. The van der Waals surface area contributed by atoms with Crippen LogP contribution in [0.25, 0.3) is 0 Å². The van der Waals surface area contributed by atoms with Crippen LogP contribution in [0.3, 0.4) is 0 Å². The fraction of sp³-hybridized carbons (Fsp3) is 0.500. The standard InChI is InChI=1S/C20H27N7O4/c1-28-16-11-15(12-17(13-16)29-2)14-21-25-18-22-19(26-3-7-30-8-4-26)24-20(23-18)27-5-9-31-10-6-27/h11-14H,3-10H2,1-2H3,(H,22,23,24,25)/b21-14-. The van der Waals surface area contributed by atoms with Crippen LogP contribution >= 0.6 is 0 Å². The molecule has 2 fully saturated rings. The zero-order valence-electron chi connectivity index (χ0n) is 17.8. The molecule has 0 atom stereocenters. The van der Waals surface area contributed by atoms with E-state index in [2.05, 4.69) is 35.3 Å². The van der Waals surface area contributed by atoms with E-state index in [1.807, 2.05) is 12.1 Å². The highest BCUT2D eigenvalue weighted by Gasteiger charge is 2.20. The lowest BCUT2D eigenvalue weighted by molar-refractivity contribution is 0.121. The Morgan fingerprint density at radius 2 is 1.35 bits per heavy atom. The van der Waals surface area contributed by atoms with Crippen LogP contribution < -0.4 is 24.7 Å². The Hall–Kier alpha value is -3.18. The van der Waals surface area contributed by atoms with Gasteiger partial charge >= 0.3 is 0 Å². The summed E-state index contributed by atoms with van der Waals surface area (Å²) >= 11 is 0. The predicted octanol–water partition coefficient (Wildman–Crippen LogP) is 1.01. The largest absolute Gasteiger partial charge is 0.497 e. The van der Waals surface area contributed by atoms with Gasteiger partial charge in [0.05, 0.1) is 46.9 Å². The lowest BCUT2D eigenvalue weighted by atomic mass is 10.2. The van der Waals surface area contributed by atoms with Gasteiger partial charge in [0.25, 0.3) is 0 Å². The van der Waals surface area contributed by atoms with Crippen LogP contribution in [0.4, 0.5) is 17.8 Å². The molecule has 1 aromatic carbocycles. The summed E-state index contributed by atoms with van der Waals surface area (Å²) < 4.78 is 21.5. The van der Waals surface area contributed by atoms with Crippen molar-refractivity contribution < 1.29 is 18.9 Å². The van der Waals surface area contributed by atoms with Gasteiger partial charge in [-0.25, -0.2) is 5.43 Å². The van der Waals surface area contributed by atoms with Crippen molar-refractivity contribution in [3.63, 3.8) is 0 Å². The Labute approximate surface area is 181 Å². The van der Waals surface area contributed by atoms with Crippen LogP contribution in [-0.2, 0) is 9.47 Å². The topological polar surface area (TPSA) is 106 Å². The summed E-state index contributed by atoms with van der Waals surface area (Å²) in [7, 11) is 3.22. The summed E-state index contributed by atoms with van der Waals surface area (Å²) in [5.41, 5.74) is 3.76. The number of methoxy groups -OCH3 is 2. The number of ether oxygens (including phenoxy) is 4. The highest BCUT2D eigenvalue weighted by atomic mass is 16.5. The molecule has 0 unspecified atom stereocenters. The van der Waals surface area contributed by atoms with Crippen LogP contribution in [0.5, 0.6) is 11.5 Å². The summed E-state index contributed by atoms with van der Waals surface area (Å²) in [4.78, 5) is 18.0. The van der Waals surface area contributed by atoms with E-state index in [0.29, 0.717) is 55.8 Å². The van der Waals surface area contributed by atoms with Crippen molar-refractivity contribution in [2.75, 3.05) is 82.1 Å². The van der Waals surface area contributed by atoms with Gasteiger partial charge in [-0.1, -0.05) is 0 Å². The molecule has 0 radical (unpaired) electrons. The first-order valence-electron chi connectivity index (χ1n) is 10.2. The van der Waals surface area contributed by atoms with Crippen molar-refractivity contribution in [2.45, 2.75) is 0 Å². The number of hydrogen-bond donors (Lipinski definition) is 1. The summed E-state index contributed by atoms with van der Waals surface area (Å²) in [6.07, 6.45) is 1.66. The summed E-state index contributed by atoms with van der Waals surface area (Å²) in [6.45, 7) is 5.54. The Bertz CT molecular complexity index is 841. The fourth-order valence-electron chi connectivity index (χ4n) is 3.28. The molecule has 2 aromatic rings. The lowest BCUT2D eigenvalue weighted by Gasteiger charge is -2.30. The van der Waals surface area contributed by atoms with Crippen molar-refractivity contribution in [3.05, 3.63) is 23.8 Å². The molecule has 0 saturated carbocycles. The fourth-order valence-corrected chi connectivity index (χ4v) is 3.28. The third-order valence-corrected chi connectivity index (χ3v) is 4.95. The van der Waals surface area contributed by atoms with E-state index < -0.39 is 0 Å². The molecule has 1 N–H and O–H groups in total. The maximum absolute atomic E-state index is 5.45. The van der Waals surface area contributed by atoms with Crippen molar-refractivity contribution in [1.82, 2.24) is 15.0 Å². The number of anilines is 3. The molecule has 0 spiro atoms. The van der Waals surface area contributed by atoms with Crippen LogP contribution in [0, 0.1) is 0 Å². The van der Waals surface area contributed by atoms with Gasteiger partial charge in [-0.05, 0) is 12.1 Å². The molecule has 4 rings (SSSR count). The molecular formula is C20H27N7O4. The van der Waals surface area contributed by atoms with Gasteiger partial charge in [0.2, 0.25) is 17.8 Å². The van der Waals surface area contributed by atoms with Crippen molar-refractivity contribution >= 4 is 24.1 Å². The predicted molar refractivity (Wildman–Crippen MR) is 117 cm³/mol. The van der Waals surface area contributed by atoms with Crippen LogP contribution in [0.15, 0.2) is 23.3 Å². The number of aromatic nitrogens is 3. The number of morpholine rings is 2. The van der Waals surface area contributed by atoms with Gasteiger partial charge in [0.15, 0.2) is 0 Å². The Morgan fingerprint density at radius 3 is 1.84 bits per heavy atom. The third kappa shape index (κ3) is 5.50. The molecule has 2 aliphatic rings. The first-order chi connectivity index (χ1) is 15.2. The third-order valence-electron chi connectivity index (χ3n) is 4.95. The lowest BCUT2D eigenvalue weighted by Crippen LogP contribution is -2.40. The first kappa shape index (κ1) is 21.1. The SMILES string of the molecule is COc1cc(/C=N\Nc2nc(N3CCOCC3)nc(N3CCOCC3)n2)cc(OC)c1. The molecule has 3 heterocycles. The van der Waals surface area contributed by atoms with E-state index in [1.54, 1.807) is 26.5 Å². The van der Waals surface area contributed by atoms with Crippen molar-refractivity contribution in [2.24, 2.45) is 5.10 Å². The monoisotopic (exact) mass is 429 g/mol. The van der Waals surface area contributed by atoms with Gasteiger partial charge in [0.1, 0.15) is 11.5 Å². The van der Waals surface area contributed by atoms with Crippen molar-refractivity contribution in [1.29, 1.82) is 0 Å². The second kappa shape index (κ2) is 10.2. The van der Waals surface area contributed by atoms with E-state index in [-0.39, 0.29) is 0 Å². The van der Waals surface area contributed by atoms with E-state index in [4.69, 9.17) is 18.9 Å². The average molecular weight is 429 g/mol. The maximum atomic E-state index is 5.45. The number of benzene rings is 1. The quantitative estimate of drug-likeness (QED) is 0.506. The Morgan fingerprint density at radius 1 is 0.839 bits per heavy atom. The highest BCUT2D eigenvalue weighted by molar-refractivity contribution is 5.81. The molecule has 2 saturated heterocycles. The molecule has 0 aliphatic carbocycles. The second-order valence-corrected chi connectivity index (χ2v) is 6.97. The minimum absolute atomic E-state index is 0.379. The molecule has 2 aliphatic heterocycles. The van der Waals surface area contributed by atoms with Gasteiger partial charge in [-0.3, -0.25) is 0 Å². The number of nitrogens with zero attached hydrogens (tertiary/aromatic N) is 6. The van der Waals surface area contributed by atoms with E-state index >= 15 is 0 Å². The normalized spacial score (nSPS) is 17.1. The minimum atomic E-state index is 0.379. The Kier molecular flexibility index (Phi) is 6.95. The zero-order chi connectivity index (χ0) is 21.5. The summed E-state index contributed by atoms with van der Waals surface area (Å²) in [5, 5.41) is 4.31. The van der Waals surface area contributed by atoms with E-state index in [9.17, 15) is 0 Å². The molecule has 0 amide bonds. The molecule has 166 valence electrons. The molecular weight excluding hydrogens is 402 g/mol. The number of hydrogen-bond acceptors (Lipinski definition) is 11. The van der Waals surface area contributed by atoms with Gasteiger partial charge in [-0.15, -0.1) is 0 Å². The number of hydrazone groups is 1. The van der Waals surface area contributed by atoms with E-state index in [1.165, 1.54) is 0 Å². The van der Waals surface area contributed by atoms with Gasteiger partial charge in [-0.2, -0.15) is 20.1 Å². The second-order valence-electron chi connectivity index (χ2n) is 6.97. The first-order valence-corrected chi connectivity index (χ1v) is 10.2. The van der Waals surface area contributed by atoms with E-state index in [0.717, 1.165) is 31.7 Å². The van der Waals surface area contributed by atoms with Crippen LogP contribution in [0.1, 0.15) is 5.56 Å². The highest BCUT2D eigenvalue weighted by Crippen LogP contribution is 2.22. The molecule has 11 heteroatoms. The van der Waals surface area contributed by atoms with Crippen LogP contribution in [-0.4, -0.2) is 88.0 Å². The average Bonchev–Trinajstić information content (AvgIpc) is 2.84. The number of nitrogens with one attached hydrogen (secondary N) is 1. The maximum Gasteiger partial charge on any atom is 0.250 e. The summed E-state index contributed by atoms with van der Waals surface area (Å²) in [5.74, 6) is 2.97. The van der Waals surface area contributed by atoms with Crippen LogP contribution in [0.2, 0.25) is 0 Å². The smallest absolute Gasteiger partial charge is 0.250 e. The number of rotatable bonds is 7. The molecule has 31 heavy (non-hydrogen) atoms. The molecule has 0 bridgehead atoms. The molecule has 11 nitrogen and oxygen atoms in total. The zero-order valence-corrected chi connectivity index (χ0v) is 17.8.